The zero-order valence-electron chi connectivity index (χ0n) is 18.6. The Morgan fingerprint density at radius 3 is 2.30 bits per heavy atom. The van der Waals surface area contributed by atoms with Crippen molar-refractivity contribution in [3.8, 4) is 0 Å². The van der Waals surface area contributed by atoms with Crippen LogP contribution in [-0.4, -0.2) is 49.1 Å². The van der Waals surface area contributed by atoms with Gasteiger partial charge < -0.3 is 31.9 Å². The summed E-state index contributed by atoms with van der Waals surface area (Å²) in [6, 6.07) is 11.7. The maximum atomic E-state index is 13.6. The van der Waals surface area contributed by atoms with Crippen molar-refractivity contribution in [2.75, 3.05) is 61.2 Å². The van der Waals surface area contributed by atoms with Gasteiger partial charge in [0.2, 0.25) is 5.95 Å². The van der Waals surface area contributed by atoms with E-state index in [1.165, 1.54) is 0 Å². The zero-order chi connectivity index (χ0) is 24.2. The first-order valence-corrected chi connectivity index (χ1v) is 10.1. The van der Waals surface area contributed by atoms with Crippen LogP contribution in [0.4, 0.5) is 53.4 Å². The van der Waals surface area contributed by atoms with Crippen LogP contribution in [0.1, 0.15) is 5.56 Å². The van der Waals surface area contributed by atoms with Crippen molar-refractivity contribution >= 4 is 40.2 Å². The lowest BCUT2D eigenvalue weighted by Crippen LogP contribution is -2.28. The topological polar surface area (TPSA) is 108 Å². The van der Waals surface area contributed by atoms with Crippen LogP contribution in [0.3, 0.4) is 0 Å². The maximum absolute atomic E-state index is 13.6. The van der Waals surface area contributed by atoms with Crippen molar-refractivity contribution in [1.82, 2.24) is 14.9 Å². The van der Waals surface area contributed by atoms with Gasteiger partial charge in [-0.3, -0.25) is 0 Å². The second kappa shape index (κ2) is 9.82. The summed E-state index contributed by atoms with van der Waals surface area (Å²) < 4.78 is 40.7. The lowest BCUT2D eigenvalue weighted by molar-refractivity contribution is -0.137. The number of aromatic nitrogens is 2. The van der Waals surface area contributed by atoms with Crippen LogP contribution < -0.4 is 27.0 Å². The van der Waals surface area contributed by atoms with Crippen molar-refractivity contribution in [2.24, 2.45) is 0 Å². The van der Waals surface area contributed by atoms with E-state index in [2.05, 4.69) is 20.6 Å². The summed E-state index contributed by atoms with van der Waals surface area (Å²) in [7, 11) is 5.85. The van der Waals surface area contributed by atoms with E-state index in [0.717, 1.165) is 25.0 Å². The van der Waals surface area contributed by atoms with E-state index >= 15 is 0 Å². The standard InChI is InChI=1S/C22H27F3N8/c1-32(2)9-10-33(3)19-8-7-16(12-18(19)27)29-20-17(22(23,24)25)13-28-21(31-20)30-15-6-4-5-14(26)11-15/h4-8,11-13H,9-10,26-27H2,1-3H3,(H2,28,29,30,31). The Labute approximate surface area is 190 Å². The van der Waals surface area contributed by atoms with Gasteiger partial charge in [0, 0.05) is 43.4 Å². The predicted octanol–water partition coefficient (Wildman–Crippen LogP) is 4.14. The van der Waals surface area contributed by atoms with Crippen LogP contribution in [0.2, 0.25) is 0 Å². The van der Waals surface area contributed by atoms with Crippen molar-refractivity contribution in [3.05, 3.63) is 54.2 Å². The molecule has 1 aromatic heterocycles. The molecule has 0 aliphatic rings. The molecule has 0 amide bonds. The molecule has 0 saturated heterocycles. The number of anilines is 7. The van der Waals surface area contributed by atoms with Gasteiger partial charge in [-0.25, -0.2) is 4.98 Å². The van der Waals surface area contributed by atoms with Gasteiger partial charge in [-0.15, -0.1) is 0 Å². The highest BCUT2D eigenvalue weighted by Gasteiger charge is 2.35. The van der Waals surface area contributed by atoms with Gasteiger partial charge in [0.25, 0.3) is 0 Å². The molecule has 0 aliphatic carbocycles. The average Bonchev–Trinajstić information content (AvgIpc) is 2.71. The molecule has 0 radical (unpaired) electrons. The van der Waals surface area contributed by atoms with Gasteiger partial charge in [0.15, 0.2) is 0 Å². The van der Waals surface area contributed by atoms with Crippen molar-refractivity contribution in [1.29, 1.82) is 0 Å². The number of rotatable bonds is 8. The molecule has 6 N–H and O–H groups in total. The molecule has 2 aromatic carbocycles. The number of nitrogen functional groups attached to an aromatic ring is 2. The van der Waals surface area contributed by atoms with Crippen molar-refractivity contribution < 1.29 is 13.2 Å². The SMILES string of the molecule is CN(C)CCN(C)c1ccc(Nc2nc(Nc3cccc(N)c3)ncc2C(F)(F)F)cc1N. The minimum atomic E-state index is -4.64. The van der Waals surface area contributed by atoms with Gasteiger partial charge >= 0.3 is 6.18 Å². The number of hydrogen-bond donors (Lipinski definition) is 4. The fourth-order valence-electron chi connectivity index (χ4n) is 3.08. The van der Waals surface area contributed by atoms with Crippen LogP contribution >= 0.6 is 0 Å². The minimum absolute atomic E-state index is 0.0101. The van der Waals surface area contributed by atoms with E-state index in [9.17, 15) is 13.2 Å². The van der Waals surface area contributed by atoms with Gasteiger partial charge in [-0.2, -0.15) is 18.2 Å². The summed E-state index contributed by atoms with van der Waals surface area (Å²) in [5.74, 6) is -0.402. The van der Waals surface area contributed by atoms with Crippen LogP contribution in [0.5, 0.6) is 0 Å². The Kier molecular flexibility index (Phi) is 7.12. The van der Waals surface area contributed by atoms with Crippen molar-refractivity contribution in [3.63, 3.8) is 0 Å². The number of nitrogens with one attached hydrogen (secondary N) is 2. The van der Waals surface area contributed by atoms with Crippen LogP contribution in [0.15, 0.2) is 48.7 Å². The molecule has 0 fully saturated rings. The normalized spacial score (nSPS) is 11.5. The number of alkyl halides is 3. The highest BCUT2D eigenvalue weighted by Crippen LogP contribution is 2.36. The van der Waals surface area contributed by atoms with Crippen LogP contribution in [0, 0.1) is 0 Å². The number of nitrogens with zero attached hydrogens (tertiary/aromatic N) is 4. The maximum Gasteiger partial charge on any atom is 0.421 e. The average molecular weight is 461 g/mol. The fraction of sp³-hybridized carbons (Fsp3) is 0.273. The van der Waals surface area contributed by atoms with Crippen LogP contribution in [-0.2, 0) is 6.18 Å². The van der Waals surface area contributed by atoms with Crippen LogP contribution in [0.25, 0.3) is 0 Å². The second-order valence-electron chi connectivity index (χ2n) is 7.83. The van der Waals surface area contributed by atoms with Gasteiger partial charge in [0.05, 0.1) is 11.4 Å². The molecule has 0 unspecified atom stereocenters. The molecular weight excluding hydrogens is 433 g/mol. The smallest absolute Gasteiger partial charge is 0.399 e. The Morgan fingerprint density at radius 2 is 1.67 bits per heavy atom. The predicted molar refractivity (Wildman–Crippen MR) is 127 cm³/mol. The molecule has 3 aromatic rings. The summed E-state index contributed by atoms with van der Waals surface area (Å²) in [5.41, 5.74) is 13.6. The Balaban J connectivity index is 1.87. The minimum Gasteiger partial charge on any atom is -0.399 e. The highest BCUT2D eigenvalue weighted by molar-refractivity contribution is 5.75. The third kappa shape index (κ3) is 6.39. The summed E-state index contributed by atoms with van der Waals surface area (Å²) in [6.45, 7) is 1.57. The Morgan fingerprint density at radius 1 is 0.939 bits per heavy atom. The summed E-state index contributed by atoms with van der Waals surface area (Å²) in [4.78, 5) is 11.9. The summed E-state index contributed by atoms with van der Waals surface area (Å²) in [5, 5.41) is 5.59. The first-order chi connectivity index (χ1) is 15.5. The molecule has 11 heteroatoms. The summed E-state index contributed by atoms with van der Waals surface area (Å²) >= 11 is 0. The number of halogens is 3. The Bertz CT molecular complexity index is 1100. The molecule has 0 spiro atoms. The number of benzene rings is 2. The number of hydrogen-bond acceptors (Lipinski definition) is 8. The number of nitrogens with two attached hydrogens (primary N) is 2. The largest absolute Gasteiger partial charge is 0.421 e. The van der Waals surface area contributed by atoms with E-state index in [0.29, 0.717) is 22.7 Å². The third-order valence-electron chi connectivity index (χ3n) is 4.82. The molecule has 33 heavy (non-hydrogen) atoms. The zero-order valence-corrected chi connectivity index (χ0v) is 18.6. The molecule has 0 bridgehead atoms. The van der Waals surface area contributed by atoms with E-state index in [1.807, 2.05) is 30.9 Å². The molecule has 1 heterocycles. The Hall–Kier alpha value is -3.73. The first-order valence-electron chi connectivity index (χ1n) is 10.1. The quantitative estimate of drug-likeness (QED) is 0.372. The molecule has 176 valence electrons. The number of likely N-dealkylation sites (N-methyl/N-ethyl adjacent to an activating group) is 2. The van der Waals surface area contributed by atoms with Gasteiger partial charge in [0.1, 0.15) is 11.4 Å². The molecule has 3 rings (SSSR count). The molecule has 8 nitrogen and oxygen atoms in total. The third-order valence-corrected chi connectivity index (χ3v) is 4.82. The molecular formula is C22H27F3N8. The van der Waals surface area contributed by atoms with Crippen molar-refractivity contribution in [2.45, 2.75) is 6.18 Å². The molecule has 0 atom stereocenters. The summed E-state index contributed by atoms with van der Waals surface area (Å²) in [6.07, 6.45) is -3.91. The molecule has 0 saturated carbocycles. The van der Waals surface area contributed by atoms with E-state index < -0.39 is 17.6 Å². The monoisotopic (exact) mass is 460 g/mol. The van der Waals surface area contributed by atoms with E-state index in [1.54, 1.807) is 42.5 Å². The lowest BCUT2D eigenvalue weighted by atomic mass is 10.2. The first kappa shape index (κ1) is 23.9. The van der Waals surface area contributed by atoms with E-state index in [4.69, 9.17) is 11.5 Å². The van der Waals surface area contributed by atoms with E-state index in [-0.39, 0.29) is 5.95 Å². The fourth-order valence-corrected chi connectivity index (χ4v) is 3.08. The highest BCUT2D eigenvalue weighted by atomic mass is 19.4. The second-order valence-corrected chi connectivity index (χ2v) is 7.83. The molecule has 0 aliphatic heterocycles. The lowest BCUT2D eigenvalue weighted by Gasteiger charge is -2.23. The van der Waals surface area contributed by atoms with Gasteiger partial charge in [-0.1, -0.05) is 6.07 Å². The van der Waals surface area contributed by atoms with Gasteiger partial charge in [-0.05, 0) is 50.5 Å².